The van der Waals surface area contributed by atoms with Gasteiger partial charge in [0.1, 0.15) is 0 Å². The molecule has 170 valence electrons. The zero-order valence-corrected chi connectivity index (χ0v) is 18.2. The number of esters is 1. The minimum absolute atomic E-state index is 0.167. The molecule has 4 aliphatic carbocycles. The highest BCUT2D eigenvalue weighted by Gasteiger charge is 2.61. The van der Waals surface area contributed by atoms with Crippen LogP contribution in [-0.4, -0.2) is 66.0 Å². The van der Waals surface area contributed by atoms with Crippen molar-refractivity contribution >= 4 is 16.1 Å². The van der Waals surface area contributed by atoms with E-state index in [2.05, 4.69) is 30.4 Å². The zero-order valence-electron chi connectivity index (χ0n) is 17.4. The summed E-state index contributed by atoms with van der Waals surface area (Å²) in [6, 6.07) is 0. The Hall–Kier alpha value is -0.840. The van der Waals surface area contributed by atoms with Crippen LogP contribution in [0.15, 0.2) is 0 Å². The van der Waals surface area contributed by atoms with Gasteiger partial charge in [-0.15, -0.1) is 0 Å². The second-order valence-corrected chi connectivity index (χ2v) is 10.3. The number of hydrogen-bond acceptors (Lipinski definition) is 6. The summed E-state index contributed by atoms with van der Waals surface area (Å²) >= 11 is 0. The molecule has 2 N–H and O–H groups in total. The number of ether oxygens (including phenoxy) is 1. The van der Waals surface area contributed by atoms with Crippen LogP contribution >= 0.6 is 0 Å². The van der Waals surface area contributed by atoms with Gasteiger partial charge in [-0.05, 0) is 70.0 Å². The number of carbonyl (C=O) groups is 1. The number of rotatable bonds is 7. The quantitative estimate of drug-likeness (QED) is 0.462. The Balaban J connectivity index is 0.000000370. The molecule has 4 saturated carbocycles. The average molecular weight is 442 g/mol. The summed E-state index contributed by atoms with van der Waals surface area (Å²) in [5.74, 6) is -0.565. The van der Waals surface area contributed by atoms with Gasteiger partial charge < -0.3 is 14.7 Å². The predicted molar refractivity (Wildman–Crippen MR) is 103 cm³/mol. The van der Waals surface area contributed by atoms with E-state index in [1.165, 1.54) is 19.6 Å². The number of nitrogens with zero attached hydrogens (tertiary/aromatic N) is 1. The van der Waals surface area contributed by atoms with Crippen LogP contribution in [0.1, 0.15) is 59.3 Å². The molecule has 0 aromatic rings. The zero-order chi connectivity index (χ0) is 22.1. The minimum Gasteiger partial charge on any atom is -0.458 e. The van der Waals surface area contributed by atoms with E-state index in [1.807, 2.05) is 0 Å². The molecule has 4 fully saturated rings. The van der Waals surface area contributed by atoms with Gasteiger partial charge in [-0.3, -0.25) is 9.35 Å². The molecule has 0 amide bonds. The number of aliphatic hydroxyl groups is 1. The van der Waals surface area contributed by atoms with Crippen molar-refractivity contribution in [3.8, 4) is 0 Å². The molecule has 0 aromatic heterocycles. The average Bonchev–Trinajstić information content (AvgIpc) is 2.58. The molecule has 10 heteroatoms. The lowest BCUT2D eigenvalue weighted by atomic mass is 9.48. The van der Waals surface area contributed by atoms with E-state index < -0.39 is 39.0 Å². The Labute approximate surface area is 171 Å². The highest BCUT2D eigenvalue weighted by atomic mass is 32.2. The van der Waals surface area contributed by atoms with Crippen LogP contribution in [0.3, 0.4) is 0 Å². The van der Waals surface area contributed by atoms with Crippen LogP contribution in [0.25, 0.3) is 0 Å². The van der Waals surface area contributed by atoms with Gasteiger partial charge in [0.05, 0.1) is 11.0 Å². The Morgan fingerprint density at radius 3 is 1.93 bits per heavy atom. The molecule has 4 rings (SSSR count). The van der Waals surface area contributed by atoms with Gasteiger partial charge in [0, 0.05) is 0 Å². The number of halogens is 2. The fourth-order valence-corrected chi connectivity index (χ4v) is 5.71. The van der Waals surface area contributed by atoms with Crippen molar-refractivity contribution in [2.24, 2.45) is 17.3 Å². The van der Waals surface area contributed by atoms with Gasteiger partial charge in [0.25, 0.3) is 0 Å². The second kappa shape index (κ2) is 8.72. The van der Waals surface area contributed by atoms with Crippen LogP contribution in [0.5, 0.6) is 0 Å². The van der Waals surface area contributed by atoms with Crippen molar-refractivity contribution in [3.05, 3.63) is 0 Å². The molecule has 29 heavy (non-hydrogen) atoms. The molecule has 7 nitrogen and oxygen atoms in total. The molecule has 0 aliphatic heterocycles. The molecule has 4 bridgehead atoms. The van der Waals surface area contributed by atoms with Crippen molar-refractivity contribution in [3.63, 3.8) is 0 Å². The van der Waals surface area contributed by atoms with Crippen LogP contribution in [-0.2, 0) is 19.6 Å². The van der Waals surface area contributed by atoms with Crippen LogP contribution in [0.2, 0.25) is 0 Å². The summed E-state index contributed by atoms with van der Waals surface area (Å²) in [4.78, 5) is 14.6. The van der Waals surface area contributed by atoms with Gasteiger partial charge >= 0.3 is 21.3 Å². The first kappa shape index (κ1) is 24.4. The van der Waals surface area contributed by atoms with Crippen molar-refractivity contribution in [2.75, 3.05) is 26.2 Å². The molecule has 0 heterocycles. The first-order chi connectivity index (χ1) is 13.3. The maximum atomic E-state index is 13.2. The number of alkyl halides is 2. The SMILES string of the molecule is CCN(CC)CC.O=C(OCC(F)(F)S(=O)(=O)O)C12CC3CC(CC(O)(C3)C1)C2. The topological polar surface area (TPSA) is 104 Å². The van der Waals surface area contributed by atoms with Crippen molar-refractivity contribution in [1.82, 2.24) is 4.90 Å². The summed E-state index contributed by atoms with van der Waals surface area (Å²) < 4.78 is 60.4. The normalized spacial score (nSPS) is 33.4. The number of hydrogen-bond donors (Lipinski definition) is 2. The van der Waals surface area contributed by atoms with Gasteiger partial charge in [0.2, 0.25) is 0 Å². The van der Waals surface area contributed by atoms with E-state index in [4.69, 9.17) is 4.55 Å². The van der Waals surface area contributed by atoms with Gasteiger partial charge in [-0.25, -0.2) is 0 Å². The Kier molecular flexibility index (Phi) is 7.35. The summed E-state index contributed by atoms with van der Waals surface area (Å²) in [6.07, 6.45) is 3.26. The molecule has 2 unspecified atom stereocenters. The monoisotopic (exact) mass is 441 g/mol. The van der Waals surface area contributed by atoms with E-state index in [0.717, 1.165) is 6.42 Å². The molecule has 0 spiro atoms. The van der Waals surface area contributed by atoms with Crippen molar-refractivity contribution in [1.29, 1.82) is 0 Å². The predicted octanol–water partition coefficient (Wildman–Crippen LogP) is 2.69. The maximum Gasteiger partial charge on any atom is 0.402 e. The summed E-state index contributed by atoms with van der Waals surface area (Å²) in [5.41, 5.74) is -1.96. The Morgan fingerprint density at radius 2 is 1.59 bits per heavy atom. The molecule has 4 aliphatic rings. The third-order valence-corrected chi connectivity index (χ3v) is 7.43. The summed E-state index contributed by atoms with van der Waals surface area (Å²) in [7, 11) is -5.63. The van der Waals surface area contributed by atoms with E-state index >= 15 is 0 Å². The Morgan fingerprint density at radius 1 is 1.10 bits per heavy atom. The molecule has 0 radical (unpaired) electrons. The Bertz CT molecular complexity index is 675. The third-order valence-electron chi connectivity index (χ3n) is 6.55. The van der Waals surface area contributed by atoms with E-state index in [-0.39, 0.29) is 18.3 Å². The molecule has 0 aromatic carbocycles. The maximum absolute atomic E-state index is 13.2. The molecule has 0 saturated heterocycles. The van der Waals surface area contributed by atoms with E-state index in [9.17, 15) is 27.1 Å². The van der Waals surface area contributed by atoms with E-state index in [0.29, 0.717) is 25.7 Å². The largest absolute Gasteiger partial charge is 0.458 e. The molecular formula is C19H33F2NO6S. The van der Waals surface area contributed by atoms with Crippen LogP contribution < -0.4 is 0 Å². The van der Waals surface area contributed by atoms with Crippen LogP contribution in [0.4, 0.5) is 8.78 Å². The van der Waals surface area contributed by atoms with E-state index in [1.54, 1.807) is 0 Å². The van der Waals surface area contributed by atoms with Gasteiger partial charge in [0.15, 0.2) is 6.61 Å². The first-order valence-corrected chi connectivity index (χ1v) is 11.7. The highest BCUT2D eigenvalue weighted by Crippen LogP contribution is 2.62. The number of carbonyl (C=O) groups excluding carboxylic acids is 1. The fourth-order valence-electron chi connectivity index (χ4n) is 5.50. The molecular weight excluding hydrogens is 408 g/mol. The van der Waals surface area contributed by atoms with Crippen molar-refractivity contribution in [2.45, 2.75) is 70.2 Å². The first-order valence-electron chi connectivity index (χ1n) is 10.3. The van der Waals surface area contributed by atoms with Crippen LogP contribution in [0, 0.1) is 17.3 Å². The lowest BCUT2D eigenvalue weighted by molar-refractivity contribution is -0.199. The highest BCUT2D eigenvalue weighted by molar-refractivity contribution is 7.86. The summed E-state index contributed by atoms with van der Waals surface area (Å²) in [6.45, 7) is 8.42. The lowest BCUT2D eigenvalue weighted by Crippen LogP contribution is -2.58. The summed E-state index contributed by atoms with van der Waals surface area (Å²) in [5, 5.41) is 5.96. The third kappa shape index (κ3) is 5.45. The van der Waals surface area contributed by atoms with Crippen molar-refractivity contribution < 1.29 is 36.4 Å². The lowest BCUT2D eigenvalue weighted by Gasteiger charge is -2.58. The van der Waals surface area contributed by atoms with Gasteiger partial charge in [-0.2, -0.15) is 17.2 Å². The minimum atomic E-state index is -5.63. The standard InChI is InChI=1S/C13H18F2O6S.C6H15N/c14-13(15,22(18,19)20)7-21-10(16)11-2-8-1-9(3-11)5-12(17,4-8)6-11;1-4-7(5-2)6-3/h8-9,17H,1-7H2,(H,18,19,20);4-6H2,1-3H3. The molecule has 2 atom stereocenters. The smallest absolute Gasteiger partial charge is 0.402 e. The fraction of sp³-hybridized carbons (Fsp3) is 0.947. The van der Waals surface area contributed by atoms with Gasteiger partial charge in [-0.1, -0.05) is 20.8 Å². The second-order valence-electron chi connectivity index (χ2n) is 8.77.